The fourth-order valence-corrected chi connectivity index (χ4v) is 6.77. The molecule has 1 aliphatic carbocycles. The maximum atomic E-state index is 13.5. The van der Waals surface area contributed by atoms with E-state index in [-0.39, 0.29) is 17.8 Å². The minimum atomic E-state index is -0.994. The lowest BCUT2D eigenvalue weighted by atomic mass is 9.72. The number of benzene rings is 3. The second kappa shape index (κ2) is 8.91. The van der Waals surface area contributed by atoms with Gasteiger partial charge in [0.2, 0.25) is 0 Å². The summed E-state index contributed by atoms with van der Waals surface area (Å²) in [6, 6.07) is 20.4. The Morgan fingerprint density at radius 1 is 1.10 bits per heavy atom. The summed E-state index contributed by atoms with van der Waals surface area (Å²) in [6.07, 6.45) is 2.57. The quantitative estimate of drug-likeness (QED) is 0.342. The van der Waals surface area contributed by atoms with E-state index in [4.69, 9.17) is 4.74 Å². The summed E-state index contributed by atoms with van der Waals surface area (Å²) in [6.45, 7) is 8.71. The number of aliphatic hydroxyl groups is 1. The molecule has 1 amide bonds. The third-order valence-corrected chi connectivity index (χ3v) is 8.37. The fourth-order valence-electron chi connectivity index (χ4n) is 6.77. The van der Waals surface area contributed by atoms with Crippen molar-refractivity contribution in [1.82, 2.24) is 14.7 Å². The van der Waals surface area contributed by atoms with Gasteiger partial charge in [-0.15, -0.1) is 0 Å². The van der Waals surface area contributed by atoms with E-state index < -0.39 is 16.6 Å². The number of hydrogen-bond acceptors (Lipinski definition) is 4. The Labute approximate surface area is 228 Å². The molecule has 6 rings (SSSR count). The van der Waals surface area contributed by atoms with E-state index in [2.05, 4.69) is 24.2 Å². The van der Waals surface area contributed by atoms with Crippen LogP contribution in [0, 0.1) is 18.7 Å². The lowest BCUT2D eigenvalue weighted by molar-refractivity contribution is 0.0138. The fraction of sp³-hybridized carbons (Fsp3) is 0.375. The average molecular weight is 528 g/mol. The molecule has 4 aromatic rings. The summed E-state index contributed by atoms with van der Waals surface area (Å²) in [4.78, 5) is 15.0. The molecule has 3 aromatic carbocycles. The van der Waals surface area contributed by atoms with Crippen molar-refractivity contribution in [2.45, 2.75) is 57.2 Å². The van der Waals surface area contributed by atoms with Gasteiger partial charge in [-0.05, 0) is 99.5 Å². The Morgan fingerprint density at radius 2 is 1.82 bits per heavy atom. The molecule has 6 nitrogen and oxygen atoms in total. The van der Waals surface area contributed by atoms with Crippen molar-refractivity contribution in [3.05, 3.63) is 95.4 Å². The van der Waals surface area contributed by atoms with Crippen LogP contribution in [0.15, 0.2) is 72.9 Å². The monoisotopic (exact) mass is 527 g/mol. The van der Waals surface area contributed by atoms with Gasteiger partial charge in [-0.2, -0.15) is 5.10 Å². The Morgan fingerprint density at radius 3 is 2.51 bits per heavy atom. The highest BCUT2D eigenvalue weighted by Gasteiger charge is 2.60. The topological polar surface area (TPSA) is 67.6 Å². The van der Waals surface area contributed by atoms with Crippen LogP contribution in [-0.2, 0) is 15.8 Å². The van der Waals surface area contributed by atoms with Gasteiger partial charge < -0.3 is 14.7 Å². The molecule has 7 heteroatoms. The number of likely N-dealkylation sites (tertiary alicyclic amines) is 1. The van der Waals surface area contributed by atoms with Crippen LogP contribution in [0.4, 0.5) is 9.18 Å². The summed E-state index contributed by atoms with van der Waals surface area (Å²) in [5, 5.41) is 17.6. The zero-order valence-corrected chi connectivity index (χ0v) is 22.8. The number of nitrogens with zero attached hydrogens (tertiary/aromatic N) is 3. The standard InChI is InChI=1S/C32H34FN3O3/c1-21-14-28-22(17-34-36(28)26-12-10-25(33)11-13-26)15-27(21)31-19-32(38,23-8-6-5-7-9-23)16-24(31)18-35(20-31)29(37)39-30(2,3)4/h5-15,17,24,38H,16,18-20H2,1-4H3/t24-,31?,32?/m0/s1. The van der Waals surface area contributed by atoms with E-state index in [0.29, 0.717) is 25.9 Å². The summed E-state index contributed by atoms with van der Waals surface area (Å²) < 4.78 is 21.1. The predicted octanol–water partition coefficient (Wildman–Crippen LogP) is 6.26. The lowest BCUT2D eigenvalue weighted by Gasteiger charge is -2.34. The van der Waals surface area contributed by atoms with Crippen LogP contribution in [0.2, 0.25) is 0 Å². The van der Waals surface area contributed by atoms with E-state index in [9.17, 15) is 14.3 Å². The Balaban J connectivity index is 1.44. The zero-order valence-electron chi connectivity index (χ0n) is 22.8. The van der Waals surface area contributed by atoms with Crippen molar-refractivity contribution in [3.63, 3.8) is 0 Å². The first kappa shape index (κ1) is 25.6. The molecule has 0 radical (unpaired) electrons. The zero-order chi connectivity index (χ0) is 27.6. The minimum Gasteiger partial charge on any atom is -0.444 e. The number of halogens is 1. The van der Waals surface area contributed by atoms with Crippen molar-refractivity contribution < 1.29 is 19.0 Å². The van der Waals surface area contributed by atoms with Crippen molar-refractivity contribution >= 4 is 17.0 Å². The van der Waals surface area contributed by atoms with E-state index >= 15 is 0 Å². The largest absolute Gasteiger partial charge is 0.444 e. The first-order valence-electron chi connectivity index (χ1n) is 13.5. The first-order valence-corrected chi connectivity index (χ1v) is 13.5. The van der Waals surface area contributed by atoms with Gasteiger partial charge in [0.15, 0.2) is 0 Å². The summed E-state index contributed by atoms with van der Waals surface area (Å²) in [5.41, 5.74) is 2.78. The molecule has 3 atom stereocenters. The van der Waals surface area contributed by atoms with Gasteiger partial charge >= 0.3 is 6.09 Å². The van der Waals surface area contributed by atoms with Crippen LogP contribution in [-0.4, -0.2) is 44.6 Å². The number of carbonyl (C=O) groups is 1. The second-order valence-electron chi connectivity index (χ2n) is 12.3. The average Bonchev–Trinajstić information content (AvgIpc) is 3.53. The highest BCUT2D eigenvalue weighted by atomic mass is 19.1. The number of rotatable bonds is 3. The number of amides is 1. The number of carbonyl (C=O) groups excluding carboxylic acids is 1. The van der Waals surface area contributed by atoms with E-state index in [1.165, 1.54) is 12.1 Å². The molecule has 39 heavy (non-hydrogen) atoms. The van der Waals surface area contributed by atoms with Gasteiger partial charge in [0.25, 0.3) is 0 Å². The van der Waals surface area contributed by atoms with Crippen LogP contribution < -0.4 is 0 Å². The van der Waals surface area contributed by atoms with Crippen molar-refractivity contribution in [2.24, 2.45) is 5.92 Å². The maximum absolute atomic E-state index is 13.5. The third kappa shape index (κ3) is 4.39. The van der Waals surface area contributed by atoms with Crippen LogP contribution in [0.1, 0.15) is 50.3 Å². The number of ether oxygens (including phenoxy) is 1. The molecule has 1 aromatic heterocycles. The van der Waals surface area contributed by atoms with E-state index in [0.717, 1.165) is 33.3 Å². The lowest BCUT2D eigenvalue weighted by Crippen LogP contribution is -2.40. The van der Waals surface area contributed by atoms with Gasteiger partial charge in [0.1, 0.15) is 11.4 Å². The van der Waals surface area contributed by atoms with Crippen molar-refractivity contribution in [2.75, 3.05) is 13.1 Å². The smallest absolute Gasteiger partial charge is 0.410 e. The molecule has 2 aliphatic rings. The Bertz CT molecular complexity index is 1540. The molecule has 0 bridgehead atoms. The molecule has 1 saturated heterocycles. The number of aryl methyl sites for hydroxylation is 1. The highest BCUT2D eigenvalue weighted by molar-refractivity contribution is 5.83. The van der Waals surface area contributed by atoms with E-state index in [1.807, 2.05) is 66.9 Å². The number of fused-ring (bicyclic) bond motifs is 2. The van der Waals surface area contributed by atoms with Gasteiger partial charge in [-0.3, -0.25) is 0 Å². The molecule has 1 aliphatic heterocycles. The number of aromatic nitrogens is 2. The Hall–Kier alpha value is -3.71. The number of hydrogen-bond donors (Lipinski definition) is 1. The first-order chi connectivity index (χ1) is 18.5. The molecule has 202 valence electrons. The molecule has 2 fully saturated rings. The predicted molar refractivity (Wildman–Crippen MR) is 148 cm³/mol. The van der Waals surface area contributed by atoms with Crippen LogP contribution in [0.3, 0.4) is 0 Å². The summed E-state index contributed by atoms with van der Waals surface area (Å²) in [7, 11) is 0. The molecular formula is C32H34FN3O3. The molecule has 1 N–H and O–H groups in total. The minimum absolute atomic E-state index is 0.0542. The van der Waals surface area contributed by atoms with Crippen LogP contribution in [0.5, 0.6) is 0 Å². The van der Waals surface area contributed by atoms with Crippen molar-refractivity contribution in [3.8, 4) is 5.69 Å². The van der Waals surface area contributed by atoms with Gasteiger partial charge in [0, 0.05) is 23.9 Å². The van der Waals surface area contributed by atoms with Crippen molar-refractivity contribution in [1.29, 1.82) is 0 Å². The highest BCUT2D eigenvalue weighted by Crippen LogP contribution is 2.58. The summed E-state index contributed by atoms with van der Waals surface area (Å²) in [5.74, 6) is -0.236. The molecule has 0 spiro atoms. The van der Waals surface area contributed by atoms with Crippen LogP contribution >= 0.6 is 0 Å². The molecule has 2 heterocycles. The molecule has 2 unspecified atom stereocenters. The Kier molecular flexibility index (Phi) is 5.84. The molecular weight excluding hydrogens is 493 g/mol. The molecule has 1 saturated carbocycles. The maximum Gasteiger partial charge on any atom is 0.410 e. The van der Waals surface area contributed by atoms with Gasteiger partial charge in [-0.25, -0.2) is 13.9 Å². The second-order valence-corrected chi connectivity index (χ2v) is 12.3. The van der Waals surface area contributed by atoms with Gasteiger partial charge in [0.05, 0.1) is 23.0 Å². The summed E-state index contributed by atoms with van der Waals surface area (Å²) >= 11 is 0. The third-order valence-electron chi connectivity index (χ3n) is 8.37. The van der Waals surface area contributed by atoms with Gasteiger partial charge in [-0.1, -0.05) is 30.3 Å². The normalized spacial score (nSPS) is 24.8. The van der Waals surface area contributed by atoms with E-state index in [1.54, 1.807) is 12.1 Å². The SMILES string of the molecule is Cc1cc2c(cnn2-c2ccc(F)cc2)cc1C12CN(C(=O)OC(C)(C)C)C[C@@H]1CC(O)(c1ccccc1)C2. The van der Waals surface area contributed by atoms with Crippen LogP contribution in [0.25, 0.3) is 16.6 Å².